The van der Waals surface area contributed by atoms with Gasteiger partial charge in [0.05, 0.1) is 28.9 Å². The van der Waals surface area contributed by atoms with Crippen LogP contribution in [0.25, 0.3) is 10.1 Å². The summed E-state index contributed by atoms with van der Waals surface area (Å²) in [5.74, 6) is 1.01. The summed E-state index contributed by atoms with van der Waals surface area (Å²) < 4.78 is 41.9. The lowest BCUT2D eigenvalue weighted by Gasteiger charge is -2.19. The molecule has 2 aromatic heterocycles. The first-order valence-electron chi connectivity index (χ1n) is 9.90. The Hall–Kier alpha value is -2.94. The van der Waals surface area contributed by atoms with Crippen LogP contribution in [0.5, 0.6) is 11.5 Å². The molecule has 1 N–H and O–H groups in total. The Kier molecular flexibility index (Phi) is 5.35. The highest BCUT2D eigenvalue weighted by Gasteiger charge is 2.26. The normalized spacial score (nSPS) is 14.8. The number of nitrogens with one attached hydrogen (secondary N) is 1. The molecule has 0 fully saturated rings. The maximum absolute atomic E-state index is 13.4. The van der Waals surface area contributed by atoms with Gasteiger partial charge in [-0.25, -0.2) is 8.42 Å². The lowest BCUT2D eigenvalue weighted by Crippen LogP contribution is -2.29. The molecule has 0 saturated heterocycles. The van der Waals surface area contributed by atoms with E-state index in [9.17, 15) is 8.42 Å². The van der Waals surface area contributed by atoms with Gasteiger partial charge in [0, 0.05) is 29.8 Å². The highest BCUT2D eigenvalue weighted by Crippen LogP contribution is 2.35. The zero-order valence-corrected chi connectivity index (χ0v) is 18.2. The third-order valence-electron chi connectivity index (χ3n) is 5.06. The molecule has 1 aliphatic heterocycles. The highest BCUT2D eigenvalue weighted by atomic mass is 32.2. The predicted octanol–water partition coefficient (Wildman–Crippen LogP) is 4.53. The van der Waals surface area contributed by atoms with E-state index in [1.807, 2.05) is 42.5 Å². The second kappa shape index (κ2) is 8.30. The van der Waals surface area contributed by atoms with Crippen molar-refractivity contribution < 1.29 is 17.9 Å². The Morgan fingerprint density at radius 2 is 1.77 bits per heavy atom. The van der Waals surface area contributed by atoms with Gasteiger partial charge >= 0.3 is 0 Å². The van der Waals surface area contributed by atoms with Crippen molar-refractivity contribution in [2.75, 3.05) is 13.2 Å². The van der Waals surface area contributed by atoms with Crippen LogP contribution in [0.3, 0.4) is 0 Å². The third-order valence-corrected chi connectivity index (χ3v) is 7.63. The van der Waals surface area contributed by atoms with E-state index in [1.54, 1.807) is 24.5 Å². The highest BCUT2D eigenvalue weighted by molar-refractivity contribution is 7.89. The van der Waals surface area contributed by atoms with E-state index in [0.717, 1.165) is 26.9 Å². The fraction of sp³-hybridized carbons (Fsp3) is 0.174. The molecule has 2 aromatic carbocycles. The monoisotopic (exact) mass is 452 g/mol. The summed E-state index contributed by atoms with van der Waals surface area (Å²) in [7, 11) is -3.83. The van der Waals surface area contributed by atoms with E-state index < -0.39 is 16.1 Å². The van der Waals surface area contributed by atoms with E-state index in [2.05, 4.69) is 9.71 Å². The van der Waals surface area contributed by atoms with Gasteiger partial charge in [0.1, 0.15) is 0 Å². The zero-order chi connectivity index (χ0) is 21.3. The Balaban J connectivity index is 1.54. The molecule has 0 bridgehead atoms. The van der Waals surface area contributed by atoms with Crippen LogP contribution in [0, 0.1) is 0 Å². The molecule has 4 aromatic rings. The SMILES string of the molecule is O=S(=O)(NC(c1ccccc1)c1cc2ccncc2s1)c1ccc2c(c1)OCCCO2. The second-order valence-electron chi connectivity index (χ2n) is 7.19. The van der Waals surface area contributed by atoms with Gasteiger partial charge in [0.25, 0.3) is 0 Å². The summed E-state index contributed by atoms with van der Waals surface area (Å²) in [5, 5.41) is 1.03. The third kappa shape index (κ3) is 4.14. The fourth-order valence-corrected chi connectivity index (χ4v) is 5.92. The van der Waals surface area contributed by atoms with Crippen LogP contribution in [0.4, 0.5) is 0 Å². The molecular formula is C23H20N2O4S2. The number of aromatic nitrogens is 1. The Bertz CT molecular complexity index is 1290. The first-order chi connectivity index (χ1) is 15.1. The molecule has 5 rings (SSSR count). The van der Waals surface area contributed by atoms with Gasteiger partial charge in [-0.05, 0) is 35.2 Å². The first-order valence-corrected chi connectivity index (χ1v) is 12.2. The van der Waals surface area contributed by atoms with Crippen molar-refractivity contribution in [2.45, 2.75) is 17.4 Å². The van der Waals surface area contributed by atoms with E-state index in [1.165, 1.54) is 17.4 Å². The van der Waals surface area contributed by atoms with E-state index in [4.69, 9.17) is 9.47 Å². The summed E-state index contributed by atoms with van der Waals surface area (Å²) >= 11 is 1.53. The zero-order valence-electron chi connectivity index (χ0n) is 16.5. The largest absolute Gasteiger partial charge is 0.490 e. The van der Waals surface area contributed by atoms with Crippen molar-refractivity contribution in [3.8, 4) is 11.5 Å². The Morgan fingerprint density at radius 1 is 0.968 bits per heavy atom. The minimum Gasteiger partial charge on any atom is -0.490 e. The Labute approximate surface area is 184 Å². The molecule has 0 spiro atoms. The predicted molar refractivity (Wildman–Crippen MR) is 120 cm³/mol. The summed E-state index contributed by atoms with van der Waals surface area (Å²) in [6.45, 7) is 1.04. The maximum atomic E-state index is 13.4. The number of nitrogens with zero attached hydrogens (tertiary/aromatic N) is 1. The van der Waals surface area contributed by atoms with E-state index >= 15 is 0 Å². The standard InChI is InChI=1S/C23H20N2O4S2/c26-31(27,18-7-8-19-20(14-18)29-12-4-11-28-19)25-23(16-5-2-1-3-6-16)21-13-17-9-10-24-15-22(17)30-21/h1-3,5-10,13-15,23,25H,4,11-12H2. The molecule has 1 aliphatic rings. The van der Waals surface area contributed by atoms with Crippen molar-refractivity contribution in [3.05, 3.63) is 83.5 Å². The molecule has 6 nitrogen and oxygen atoms in total. The fourth-order valence-electron chi connectivity index (χ4n) is 3.52. The van der Waals surface area contributed by atoms with Crippen LogP contribution in [-0.2, 0) is 10.0 Å². The van der Waals surface area contributed by atoms with Gasteiger partial charge in [-0.2, -0.15) is 4.72 Å². The summed E-state index contributed by atoms with van der Waals surface area (Å²) in [6, 6.07) is 17.7. The molecular weight excluding hydrogens is 432 g/mol. The molecule has 0 aliphatic carbocycles. The molecule has 0 radical (unpaired) electrons. The molecule has 1 unspecified atom stereocenters. The number of hydrogen-bond donors (Lipinski definition) is 1. The number of sulfonamides is 1. The van der Waals surface area contributed by atoms with E-state index in [0.29, 0.717) is 24.7 Å². The molecule has 158 valence electrons. The number of thiophene rings is 1. The van der Waals surface area contributed by atoms with Crippen LogP contribution in [0.2, 0.25) is 0 Å². The average Bonchev–Trinajstić information content (AvgIpc) is 3.08. The number of pyridine rings is 1. The quantitative estimate of drug-likeness (QED) is 0.482. The summed E-state index contributed by atoms with van der Waals surface area (Å²) in [5.41, 5.74) is 0.861. The molecule has 1 atom stereocenters. The van der Waals surface area contributed by atoms with E-state index in [-0.39, 0.29) is 4.90 Å². The van der Waals surface area contributed by atoms with Crippen LogP contribution < -0.4 is 14.2 Å². The average molecular weight is 453 g/mol. The van der Waals surface area contributed by atoms with Crippen molar-refractivity contribution in [1.82, 2.24) is 9.71 Å². The first kappa shape index (κ1) is 20.0. The van der Waals surface area contributed by atoms with Crippen LogP contribution in [-0.4, -0.2) is 26.6 Å². The van der Waals surface area contributed by atoms with Gasteiger partial charge in [-0.3, -0.25) is 4.98 Å². The topological polar surface area (TPSA) is 77.5 Å². The van der Waals surface area contributed by atoms with Crippen molar-refractivity contribution in [1.29, 1.82) is 0 Å². The number of hydrogen-bond acceptors (Lipinski definition) is 6. The molecule has 31 heavy (non-hydrogen) atoms. The summed E-state index contributed by atoms with van der Waals surface area (Å²) in [6.07, 6.45) is 4.29. The van der Waals surface area contributed by atoms with Crippen molar-refractivity contribution in [2.24, 2.45) is 0 Å². The molecule has 0 amide bonds. The Morgan fingerprint density at radius 3 is 2.58 bits per heavy atom. The van der Waals surface area contributed by atoms with Gasteiger partial charge in [0.15, 0.2) is 11.5 Å². The molecule has 8 heteroatoms. The number of ether oxygens (including phenoxy) is 2. The van der Waals surface area contributed by atoms with Crippen LogP contribution in [0.1, 0.15) is 22.9 Å². The van der Waals surface area contributed by atoms with Crippen LogP contribution in [0.15, 0.2) is 78.0 Å². The second-order valence-corrected chi connectivity index (χ2v) is 10.0. The minimum absolute atomic E-state index is 0.139. The lowest BCUT2D eigenvalue weighted by molar-refractivity contribution is 0.297. The molecule has 0 saturated carbocycles. The lowest BCUT2D eigenvalue weighted by atomic mass is 10.1. The minimum atomic E-state index is -3.83. The summed E-state index contributed by atoms with van der Waals surface area (Å²) in [4.78, 5) is 5.21. The number of fused-ring (bicyclic) bond motifs is 2. The maximum Gasteiger partial charge on any atom is 0.241 e. The van der Waals surface area contributed by atoms with Crippen molar-refractivity contribution >= 4 is 31.4 Å². The van der Waals surface area contributed by atoms with Gasteiger partial charge in [-0.15, -0.1) is 11.3 Å². The smallest absolute Gasteiger partial charge is 0.241 e. The van der Waals surface area contributed by atoms with Crippen LogP contribution >= 0.6 is 11.3 Å². The van der Waals surface area contributed by atoms with Gasteiger partial charge in [0.2, 0.25) is 10.0 Å². The molecule has 3 heterocycles. The van der Waals surface area contributed by atoms with Gasteiger partial charge in [-0.1, -0.05) is 30.3 Å². The van der Waals surface area contributed by atoms with Gasteiger partial charge < -0.3 is 9.47 Å². The number of benzene rings is 2. The number of rotatable bonds is 5. The van der Waals surface area contributed by atoms with Crippen molar-refractivity contribution in [3.63, 3.8) is 0 Å².